The number of unbranched alkanes of at least 4 members (excludes halogenated alkanes) is 2. The Morgan fingerprint density at radius 2 is 1.86 bits per heavy atom. The summed E-state index contributed by atoms with van der Waals surface area (Å²) in [6, 6.07) is 0. The normalized spacial score (nSPS) is 13.2. The van der Waals surface area contributed by atoms with E-state index in [1.807, 2.05) is 6.92 Å². The molecular formula is C16H30F2O2S. The number of halogens is 2. The van der Waals surface area contributed by atoms with Gasteiger partial charge in [0.05, 0.1) is 6.61 Å². The number of alkyl halides is 2. The van der Waals surface area contributed by atoms with Crippen molar-refractivity contribution in [2.45, 2.75) is 83.3 Å². The minimum Gasteiger partial charge on any atom is -0.465 e. The van der Waals surface area contributed by atoms with Crippen LogP contribution in [0.1, 0.15) is 72.1 Å². The molecule has 0 amide bonds. The Morgan fingerprint density at radius 3 is 2.43 bits per heavy atom. The van der Waals surface area contributed by atoms with E-state index in [4.69, 9.17) is 4.74 Å². The molecule has 2 nitrogen and oxygen atoms in total. The van der Waals surface area contributed by atoms with Gasteiger partial charge in [-0.2, -0.15) is 0 Å². The average molecular weight is 324 g/mol. The summed E-state index contributed by atoms with van der Waals surface area (Å²) < 4.78 is 31.4. The van der Waals surface area contributed by atoms with E-state index in [0.29, 0.717) is 13.0 Å². The standard InChI is InChI=1S/C16H30F2O2S/c1-4-7-12-20-15(19)14(10-5-2)21-13-9-8-11-16(17,18)6-3/h14H,4-13H2,1-3H3. The van der Waals surface area contributed by atoms with Crippen molar-refractivity contribution in [3.05, 3.63) is 0 Å². The van der Waals surface area contributed by atoms with Gasteiger partial charge in [-0.05, 0) is 31.4 Å². The molecule has 126 valence electrons. The molecule has 0 aromatic carbocycles. The third-order valence-corrected chi connectivity index (χ3v) is 4.68. The molecule has 0 aliphatic carbocycles. The van der Waals surface area contributed by atoms with E-state index in [2.05, 4.69) is 6.92 Å². The van der Waals surface area contributed by atoms with Gasteiger partial charge < -0.3 is 4.74 Å². The molecule has 0 aliphatic heterocycles. The first-order valence-corrected chi connectivity index (χ1v) is 9.17. The molecule has 0 aromatic heterocycles. The molecule has 0 N–H and O–H groups in total. The Hall–Kier alpha value is -0.320. The quantitative estimate of drug-likeness (QED) is 0.333. The highest BCUT2D eigenvalue weighted by atomic mass is 32.2. The minimum absolute atomic E-state index is 0.0521. The summed E-state index contributed by atoms with van der Waals surface area (Å²) in [5.41, 5.74) is 0. The van der Waals surface area contributed by atoms with Crippen molar-refractivity contribution >= 4 is 17.7 Å². The number of ether oxygens (including phenoxy) is 1. The van der Waals surface area contributed by atoms with Crippen molar-refractivity contribution < 1.29 is 18.3 Å². The van der Waals surface area contributed by atoms with Gasteiger partial charge in [0, 0.05) is 12.8 Å². The number of hydrogen-bond donors (Lipinski definition) is 0. The second-order valence-corrected chi connectivity index (χ2v) is 6.65. The first kappa shape index (κ1) is 20.7. The lowest BCUT2D eigenvalue weighted by Crippen LogP contribution is -2.21. The lowest BCUT2D eigenvalue weighted by atomic mass is 10.1. The summed E-state index contributed by atoms with van der Waals surface area (Å²) in [6.07, 6.45) is 4.70. The van der Waals surface area contributed by atoms with Gasteiger partial charge in [0.15, 0.2) is 0 Å². The predicted octanol–water partition coefficient (Wildman–Crippen LogP) is 5.45. The van der Waals surface area contributed by atoms with Crippen LogP contribution in [-0.4, -0.2) is 29.5 Å². The highest BCUT2D eigenvalue weighted by Crippen LogP contribution is 2.26. The van der Waals surface area contributed by atoms with Crippen LogP contribution in [0.25, 0.3) is 0 Å². The van der Waals surface area contributed by atoms with E-state index in [1.165, 1.54) is 6.92 Å². The van der Waals surface area contributed by atoms with Crippen LogP contribution >= 0.6 is 11.8 Å². The predicted molar refractivity (Wildman–Crippen MR) is 86.1 cm³/mol. The van der Waals surface area contributed by atoms with Crippen LogP contribution in [0.2, 0.25) is 0 Å². The molecule has 0 spiro atoms. The van der Waals surface area contributed by atoms with Crippen molar-refractivity contribution in [3.63, 3.8) is 0 Å². The number of hydrogen-bond acceptors (Lipinski definition) is 3. The van der Waals surface area contributed by atoms with Crippen LogP contribution in [0.3, 0.4) is 0 Å². The maximum Gasteiger partial charge on any atom is 0.319 e. The Morgan fingerprint density at radius 1 is 1.14 bits per heavy atom. The van der Waals surface area contributed by atoms with Crippen LogP contribution in [0.15, 0.2) is 0 Å². The number of rotatable bonds is 13. The van der Waals surface area contributed by atoms with Gasteiger partial charge in [0.25, 0.3) is 0 Å². The smallest absolute Gasteiger partial charge is 0.319 e. The van der Waals surface area contributed by atoms with Crippen molar-refractivity contribution in [1.29, 1.82) is 0 Å². The minimum atomic E-state index is -2.54. The van der Waals surface area contributed by atoms with Crippen LogP contribution in [-0.2, 0) is 9.53 Å². The Bertz CT molecular complexity index is 273. The monoisotopic (exact) mass is 324 g/mol. The van der Waals surface area contributed by atoms with Gasteiger partial charge in [-0.25, -0.2) is 8.78 Å². The Balaban J connectivity index is 3.90. The van der Waals surface area contributed by atoms with Crippen LogP contribution in [0.5, 0.6) is 0 Å². The molecule has 0 rings (SSSR count). The van der Waals surface area contributed by atoms with Crippen molar-refractivity contribution in [3.8, 4) is 0 Å². The summed E-state index contributed by atoms with van der Waals surface area (Å²) >= 11 is 1.55. The van der Waals surface area contributed by atoms with Gasteiger partial charge in [0.2, 0.25) is 5.92 Å². The fourth-order valence-corrected chi connectivity index (χ4v) is 3.09. The largest absolute Gasteiger partial charge is 0.465 e. The second-order valence-electron chi connectivity index (χ2n) is 5.34. The molecule has 0 bridgehead atoms. The molecule has 21 heavy (non-hydrogen) atoms. The lowest BCUT2D eigenvalue weighted by Gasteiger charge is -2.16. The lowest BCUT2D eigenvalue weighted by molar-refractivity contribution is -0.143. The van der Waals surface area contributed by atoms with Crippen molar-refractivity contribution in [2.75, 3.05) is 12.4 Å². The number of carbonyl (C=O) groups excluding carboxylic acids is 1. The molecule has 1 unspecified atom stereocenters. The van der Waals surface area contributed by atoms with Crippen LogP contribution < -0.4 is 0 Å². The maximum atomic E-state index is 13.1. The van der Waals surface area contributed by atoms with E-state index in [0.717, 1.165) is 37.9 Å². The zero-order chi connectivity index (χ0) is 16.1. The van der Waals surface area contributed by atoms with E-state index in [-0.39, 0.29) is 24.1 Å². The summed E-state index contributed by atoms with van der Waals surface area (Å²) in [6.45, 7) is 6.09. The fraction of sp³-hybridized carbons (Fsp3) is 0.938. The van der Waals surface area contributed by atoms with Gasteiger partial charge in [0.1, 0.15) is 5.25 Å². The van der Waals surface area contributed by atoms with E-state index < -0.39 is 5.92 Å². The van der Waals surface area contributed by atoms with E-state index in [1.54, 1.807) is 11.8 Å². The van der Waals surface area contributed by atoms with Gasteiger partial charge >= 0.3 is 5.97 Å². The molecular weight excluding hydrogens is 294 g/mol. The van der Waals surface area contributed by atoms with Gasteiger partial charge in [-0.1, -0.05) is 33.6 Å². The number of carbonyl (C=O) groups is 1. The van der Waals surface area contributed by atoms with Crippen LogP contribution in [0, 0.1) is 0 Å². The van der Waals surface area contributed by atoms with Crippen molar-refractivity contribution in [1.82, 2.24) is 0 Å². The third kappa shape index (κ3) is 11.0. The fourth-order valence-electron chi connectivity index (χ4n) is 1.83. The highest BCUT2D eigenvalue weighted by molar-refractivity contribution is 8.00. The second kappa shape index (κ2) is 12.2. The number of esters is 1. The van der Waals surface area contributed by atoms with Crippen molar-refractivity contribution in [2.24, 2.45) is 0 Å². The van der Waals surface area contributed by atoms with Crippen LogP contribution in [0.4, 0.5) is 8.78 Å². The molecule has 0 saturated carbocycles. The molecule has 1 atom stereocenters. The molecule has 0 saturated heterocycles. The zero-order valence-corrected chi connectivity index (χ0v) is 14.4. The SMILES string of the molecule is CCCCOC(=O)C(CCC)SCCCCC(F)(F)CC. The molecule has 5 heteroatoms. The first-order chi connectivity index (χ1) is 9.96. The molecule has 0 aromatic rings. The maximum absolute atomic E-state index is 13.1. The zero-order valence-electron chi connectivity index (χ0n) is 13.6. The summed E-state index contributed by atoms with van der Waals surface area (Å²) in [5.74, 6) is -1.94. The van der Waals surface area contributed by atoms with E-state index >= 15 is 0 Å². The topological polar surface area (TPSA) is 26.3 Å². The highest BCUT2D eigenvalue weighted by Gasteiger charge is 2.25. The Kier molecular flexibility index (Phi) is 12.1. The summed E-state index contributed by atoms with van der Waals surface area (Å²) in [4.78, 5) is 11.9. The molecule has 0 heterocycles. The third-order valence-electron chi connectivity index (χ3n) is 3.33. The summed E-state index contributed by atoms with van der Waals surface area (Å²) in [7, 11) is 0. The molecule has 0 aliphatic rings. The van der Waals surface area contributed by atoms with E-state index in [9.17, 15) is 13.6 Å². The first-order valence-electron chi connectivity index (χ1n) is 8.12. The average Bonchev–Trinajstić information content (AvgIpc) is 2.46. The summed E-state index contributed by atoms with van der Waals surface area (Å²) in [5, 5.41) is -0.140. The molecule has 0 radical (unpaired) electrons. The van der Waals surface area contributed by atoms with Gasteiger partial charge in [-0.3, -0.25) is 4.79 Å². The van der Waals surface area contributed by atoms with Gasteiger partial charge in [-0.15, -0.1) is 11.8 Å². The Labute approximate surface area is 132 Å². The number of thioether (sulfide) groups is 1. The molecule has 0 fully saturated rings.